The molecule has 0 unspecified atom stereocenters. The molecule has 1 aliphatic heterocycles. The van der Waals surface area contributed by atoms with Gasteiger partial charge >= 0.3 is 0 Å². The zero-order valence-electron chi connectivity index (χ0n) is 19.6. The number of hydrogen-bond donors (Lipinski definition) is 0. The SMILES string of the molecule is Cc1cc(C)cc(C(=O)N2CCN(S(=O)(=O)c3c(C)nn(Cc4ccccc4)c3C)CC2)c1. The van der Waals surface area contributed by atoms with Crippen LogP contribution in [0, 0.1) is 27.7 Å². The number of sulfonamides is 1. The molecule has 0 saturated carbocycles. The van der Waals surface area contributed by atoms with E-state index in [2.05, 4.69) is 5.10 Å². The predicted molar refractivity (Wildman–Crippen MR) is 128 cm³/mol. The molecule has 1 saturated heterocycles. The van der Waals surface area contributed by atoms with Crippen molar-refractivity contribution in [1.82, 2.24) is 19.0 Å². The highest BCUT2D eigenvalue weighted by Gasteiger charge is 2.34. The molecular weight excluding hydrogens is 436 g/mol. The Morgan fingerprint density at radius 1 is 0.909 bits per heavy atom. The van der Waals surface area contributed by atoms with Gasteiger partial charge in [0, 0.05) is 31.7 Å². The molecule has 1 aromatic heterocycles. The molecule has 1 aliphatic rings. The number of carbonyl (C=O) groups excluding carboxylic acids is 1. The maximum atomic E-state index is 13.5. The minimum atomic E-state index is -3.71. The number of hydrogen-bond acceptors (Lipinski definition) is 4. The summed E-state index contributed by atoms with van der Waals surface area (Å²) in [6, 6.07) is 15.6. The number of aromatic nitrogens is 2. The zero-order valence-corrected chi connectivity index (χ0v) is 20.4. The summed E-state index contributed by atoms with van der Waals surface area (Å²) in [7, 11) is -3.71. The third-order valence-electron chi connectivity index (χ3n) is 6.08. The largest absolute Gasteiger partial charge is 0.336 e. The van der Waals surface area contributed by atoms with Crippen molar-refractivity contribution in [3.8, 4) is 0 Å². The highest BCUT2D eigenvalue weighted by molar-refractivity contribution is 7.89. The van der Waals surface area contributed by atoms with Gasteiger partial charge in [0.25, 0.3) is 5.91 Å². The molecule has 7 nitrogen and oxygen atoms in total. The molecule has 0 aliphatic carbocycles. The van der Waals surface area contributed by atoms with E-state index in [0.29, 0.717) is 36.6 Å². The van der Waals surface area contributed by atoms with E-state index < -0.39 is 10.0 Å². The number of aryl methyl sites for hydroxylation is 3. The average Bonchev–Trinajstić information content (AvgIpc) is 3.06. The molecule has 0 atom stereocenters. The van der Waals surface area contributed by atoms with Crippen LogP contribution in [0.5, 0.6) is 0 Å². The van der Waals surface area contributed by atoms with Crippen LogP contribution in [0.3, 0.4) is 0 Å². The van der Waals surface area contributed by atoms with Gasteiger partial charge in [0.2, 0.25) is 10.0 Å². The fourth-order valence-electron chi connectivity index (χ4n) is 4.51. The third-order valence-corrected chi connectivity index (χ3v) is 8.23. The smallest absolute Gasteiger partial charge is 0.253 e. The van der Waals surface area contributed by atoms with Gasteiger partial charge in [-0.15, -0.1) is 0 Å². The summed E-state index contributed by atoms with van der Waals surface area (Å²) in [6.45, 7) is 9.25. The van der Waals surface area contributed by atoms with E-state index in [0.717, 1.165) is 16.7 Å². The lowest BCUT2D eigenvalue weighted by Gasteiger charge is -2.34. The Morgan fingerprint density at radius 3 is 2.12 bits per heavy atom. The summed E-state index contributed by atoms with van der Waals surface area (Å²) in [4.78, 5) is 15.0. The highest BCUT2D eigenvalue weighted by atomic mass is 32.2. The van der Waals surface area contributed by atoms with Crippen LogP contribution in [0.25, 0.3) is 0 Å². The number of carbonyl (C=O) groups is 1. The van der Waals surface area contributed by atoms with Gasteiger partial charge in [-0.3, -0.25) is 9.48 Å². The van der Waals surface area contributed by atoms with Crippen LogP contribution in [-0.4, -0.2) is 59.5 Å². The molecular formula is C25H30N4O3S. The van der Waals surface area contributed by atoms with Crippen LogP contribution in [0.4, 0.5) is 0 Å². The summed E-state index contributed by atoms with van der Waals surface area (Å²) in [5.74, 6) is -0.0538. The lowest BCUT2D eigenvalue weighted by molar-refractivity contribution is 0.0697. The van der Waals surface area contributed by atoms with Crippen LogP contribution in [-0.2, 0) is 16.6 Å². The lowest BCUT2D eigenvalue weighted by atomic mass is 10.1. The molecule has 2 heterocycles. The average molecular weight is 467 g/mol. The monoisotopic (exact) mass is 466 g/mol. The summed E-state index contributed by atoms with van der Waals surface area (Å²) < 4.78 is 30.2. The fraction of sp³-hybridized carbons (Fsp3) is 0.360. The third kappa shape index (κ3) is 4.72. The molecule has 0 bridgehead atoms. The first kappa shape index (κ1) is 23.2. The van der Waals surface area contributed by atoms with Crippen molar-refractivity contribution < 1.29 is 13.2 Å². The van der Waals surface area contributed by atoms with Crippen molar-refractivity contribution in [2.45, 2.75) is 39.1 Å². The molecule has 33 heavy (non-hydrogen) atoms. The summed E-state index contributed by atoms with van der Waals surface area (Å²) in [5, 5.41) is 4.51. The van der Waals surface area contributed by atoms with E-state index in [4.69, 9.17) is 0 Å². The standard InChI is InChI=1S/C25H30N4O3S/c1-18-14-19(2)16-23(15-18)25(30)27-10-12-28(13-11-27)33(31,32)24-20(3)26-29(21(24)4)17-22-8-6-5-7-9-22/h5-9,14-16H,10-13,17H2,1-4H3. The number of amides is 1. The van der Waals surface area contributed by atoms with Crippen LogP contribution >= 0.6 is 0 Å². The number of piperazine rings is 1. The van der Waals surface area contributed by atoms with Crippen molar-refractivity contribution >= 4 is 15.9 Å². The Labute approximate surface area is 195 Å². The molecule has 8 heteroatoms. The lowest BCUT2D eigenvalue weighted by Crippen LogP contribution is -2.50. The first-order valence-electron chi connectivity index (χ1n) is 11.1. The Balaban J connectivity index is 1.50. The van der Waals surface area contributed by atoms with Gasteiger partial charge in [-0.2, -0.15) is 9.40 Å². The maximum absolute atomic E-state index is 13.5. The Bertz CT molecular complexity index is 1250. The van der Waals surface area contributed by atoms with Crippen LogP contribution in [0.1, 0.15) is 38.4 Å². The van der Waals surface area contributed by atoms with Crippen molar-refractivity contribution in [3.63, 3.8) is 0 Å². The van der Waals surface area contributed by atoms with Crippen molar-refractivity contribution in [1.29, 1.82) is 0 Å². The Hall–Kier alpha value is -2.97. The Kier molecular flexibility index (Phi) is 6.41. The van der Waals surface area contributed by atoms with Gasteiger partial charge in [0.15, 0.2) is 0 Å². The fourth-order valence-corrected chi connectivity index (χ4v) is 6.30. The first-order chi connectivity index (χ1) is 15.7. The summed E-state index contributed by atoms with van der Waals surface area (Å²) in [5.41, 5.74) is 4.92. The van der Waals surface area contributed by atoms with E-state index >= 15 is 0 Å². The molecule has 3 aromatic rings. The van der Waals surface area contributed by atoms with E-state index in [1.54, 1.807) is 23.4 Å². The van der Waals surface area contributed by atoms with E-state index in [9.17, 15) is 13.2 Å². The molecule has 1 fully saturated rings. The first-order valence-corrected chi connectivity index (χ1v) is 12.6. The second kappa shape index (κ2) is 9.11. The maximum Gasteiger partial charge on any atom is 0.253 e. The Morgan fingerprint density at radius 2 is 1.52 bits per heavy atom. The minimum Gasteiger partial charge on any atom is -0.336 e. The summed E-state index contributed by atoms with van der Waals surface area (Å²) >= 11 is 0. The van der Waals surface area contributed by atoms with Crippen LogP contribution < -0.4 is 0 Å². The number of rotatable bonds is 5. The molecule has 1 amide bonds. The molecule has 0 radical (unpaired) electrons. The van der Waals surface area contributed by atoms with Gasteiger partial charge in [0.05, 0.1) is 17.9 Å². The van der Waals surface area contributed by atoms with Crippen LogP contribution in [0.15, 0.2) is 53.4 Å². The van der Waals surface area contributed by atoms with Gasteiger partial charge in [0.1, 0.15) is 4.90 Å². The topological polar surface area (TPSA) is 75.5 Å². The molecule has 2 aromatic carbocycles. The van der Waals surface area contributed by atoms with Gasteiger partial charge in [-0.25, -0.2) is 8.42 Å². The van der Waals surface area contributed by atoms with Gasteiger partial charge < -0.3 is 4.90 Å². The van der Waals surface area contributed by atoms with E-state index in [1.165, 1.54) is 4.31 Å². The summed E-state index contributed by atoms with van der Waals surface area (Å²) in [6.07, 6.45) is 0. The second-order valence-electron chi connectivity index (χ2n) is 8.72. The number of nitrogens with zero attached hydrogens (tertiary/aromatic N) is 4. The molecule has 4 rings (SSSR count). The van der Waals surface area contributed by atoms with E-state index in [1.807, 2.05) is 62.4 Å². The second-order valence-corrected chi connectivity index (χ2v) is 10.6. The van der Waals surface area contributed by atoms with Crippen LogP contribution in [0.2, 0.25) is 0 Å². The van der Waals surface area contributed by atoms with Crippen molar-refractivity contribution in [2.75, 3.05) is 26.2 Å². The highest BCUT2D eigenvalue weighted by Crippen LogP contribution is 2.25. The quantitative estimate of drug-likeness (QED) is 0.578. The number of benzene rings is 2. The van der Waals surface area contributed by atoms with Gasteiger partial charge in [-0.05, 0) is 45.4 Å². The van der Waals surface area contributed by atoms with Crippen molar-refractivity contribution in [2.24, 2.45) is 0 Å². The van der Waals surface area contributed by atoms with Crippen molar-refractivity contribution in [3.05, 3.63) is 82.2 Å². The van der Waals surface area contributed by atoms with E-state index in [-0.39, 0.29) is 23.9 Å². The molecule has 0 N–H and O–H groups in total. The normalized spacial score (nSPS) is 15.1. The predicted octanol–water partition coefficient (Wildman–Crippen LogP) is 3.31. The van der Waals surface area contributed by atoms with Gasteiger partial charge in [-0.1, -0.05) is 47.5 Å². The molecule has 0 spiro atoms. The minimum absolute atomic E-state index is 0.0538. The zero-order chi connectivity index (χ0) is 23.8. The molecule has 174 valence electrons.